The van der Waals surface area contributed by atoms with Crippen molar-refractivity contribution in [3.8, 4) is 0 Å². The molecule has 0 aliphatic carbocycles. The molecular weight excluding hydrogens is 188 g/mol. The van der Waals surface area contributed by atoms with Crippen molar-refractivity contribution in [1.29, 1.82) is 0 Å². The Morgan fingerprint density at radius 3 is 2.85 bits per heavy atom. The highest BCUT2D eigenvalue weighted by molar-refractivity contribution is 7.14. The standard InChI is InChI=1S/C8H12N2O2S/c9-3-1-2-5-4-13-7(10)6(5)8(11)12/h4H,1-3,9-10H2,(H,11,12). The Bertz CT molecular complexity index is 309. The number of nitrogen functional groups attached to an aromatic ring is 1. The normalized spacial score (nSPS) is 10.2. The number of thiophene rings is 1. The van der Waals surface area contributed by atoms with Crippen LogP contribution in [-0.2, 0) is 6.42 Å². The van der Waals surface area contributed by atoms with Gasteiger partial charge in [-0.25, -0.2) is 4.79 Å². The van der Waals surface area contributed by atoms with Crippen molar-refractivity contribution in [2.24, 2.45) is 5.73 Å². The molecule has 0 radical (unpaired) electrons. The molecule has 0 aliphatic heterocycles. The van der Waals surface area contributed by atoms with E-state index in [9.17, 15) is 4.79 Å². The zero-order valence-corrected chi connectivity index (χ0v) is 7.93. The molecule has 0 aromatic carbocycles. The van der Waals surface area contributed by atoms with Crippen molar-refractivity contribution in [2.45, 2.75) is 12.8 Å². The smallest absolute Gasteiger partial charge is 0.338 e. The molecule has 1 aromatic heterocycles. The first kappa shape index (κ1) is 10.0. The van der Waals surface area contributed by atoms with Gasteiger partial charge in [-0.2, -0.15) is 0 Å². The maximum absolute atomic E-state index is 10.8. The van der Waals surface area contributed by atoms with Crippen LogP contribution in [0.5, 0.6) is 0 Å². The second kappa shape index (κ2) is 4.25. The van der Waals surface area contributed by atoms with E-state index in [0.717, 1.165) is 12.0 Å². The van der Waals surface area contributed by atoms with Gasteiger partial charge >= 0.3 is 5.97 Å². The number of carboxylic acids is 1. The van der Waals surface area contributed by atoms with Gasteiger partial charge in [0.15, 0.2) is 0 Å². The molecule has 4 nitrogen and oxygen atoms in total. The molecule has 72 valence electrons. The molecule has 0 spiro atoms. The second-order valence-electron chi connectivity index (χ2n) is 2.70. The summed E-state index contributed by atoms with van der Waals surface area (Å²) in [4.78, 5) is 10.8. The van der Waals surface area contributed by atoms with E-state index in [1.807, 2.05) is 0 Å². The average Bonchev–Trinajstić information content (AvgIpc) is 2.43. The summed E-state index contributed by atoms with van der Waals surface area (Å²) in [6, 6.07) is 0. The fraction of sp³-hybridized carbons (Fsp3) is 0.375. The van der Waals surface area contributed by atoms with Gasteiger partial charge in [-0.1, -0.05) is 0 Å². The minimum atomic E-state index is -0.953. The maximum atomic E-state index is 10.8. The van der Waals surface area contributed by atoms with E-state index in [4.69, 9.17) is 16.6 Å². The third kappa shape index (κ3) is 2.19. The Morgan fingerprint density at radius 1 is 1.62 bits per heavy atom. The van der Waals surface area contributed by atoms with Crippen LogP contribution in [0, 0.1) is 0 Å². The van der Waals surface area contributed by atoms with E-state index in [1.165, 1.54) is 11.3 Å². The molecule has 0 saturated carbocycles. The van der Waals surface area contributed by atoms with E-state index >= 15 is 0 Å². The number of carbonyl (C=O) groups is 1. The highest BCUT2D eigenvalue weighted by atomic mass is 32.1. The van der Waals surface area contributed by atoms with Crippen molar-refractivity contribution in [3.63, 3.8) is 0 Å². The first-order valence-electron chi connectivity index (χ1n) is 3.96. The van der Waals surface area contributed by atoms with Crippen LogP contribution in [0.4, 0.5) is 5.00 Å². The topological polar surface area (TPSA) is 89.3 Å². The Kier molecular flexibility index (Phi) is 3.27. The molecule has 5 heteroatoms. The zero-order valence-electron chi connectivity index (χ0n) is 7.12. The van der Waals surface area contributed by atoms with Gasteiger partial charge < -0.3 is 16.6 Å². The maximum Gasteiger partial charge on any atom is 0.338 e. The number of carboxylic acid groups (broad SMARTS) is 1. The number of hydrogen-bond acceptors (Lipinski definition) is 4. The summed E-state index contributed by atoms with van der Waals surface area (Å²) in [7, 11) is 0. The average molecular weight is 200 g/mol. The minimum Gasteiger partial charge on any atom is -0.478 e. The second-order valence-corrected chi connectivity index (χ2v) is 3.61. The van der Waals surface area contributed by atoms with Crippen LogP contribution in [-0.4, -0.2) is 17.6 Å². The molecular formula is C8H12N2O2S. The van der Waals surface area contributed by atoms with Gasteiger partial charge in [-0.3, -0.25) is 0 Å². The van der Waals surface area contributed by atoms with Crippen LogP contribution in [0.2, 0.25) is 0 Å². The Morgan fingerprint density at radius 2 is 2.31 bits per heavy atom. The van der Waals surface area contributed by atoms with E-state index < -0.39 is 5.97 Å². The SMILES string of the molecule is NCCCc1csc(N)c1C(=O)O. The largest absolute Gasteiger partial charge is 0.478 e. The lowest BCUT2D eigenvalue weighted by molar-refractivity contribution is 0.0697. The van der Waals surface area contributed by atoms with Crippen molar-refractivity contribution >= 4 is 22.3 Å². The van der Waals surface area contributed by atoms with Crippen molar-refractivity contribution in [3.05, 3.63) is 16.5 Å². The molecule has 0 bridgehead atoms. The van der Waals surface area contributed by atoms with Crippen molar-refractivity contribution < 1.29 is 9.90 Å². The van der Waals surface area contributed by atoms with E-state index in [2.05, 4.69) is 0 Å². The van der Waals surface area contributed by atoms with E-state index in [0.29, 0.717) is 18.0 Å². The lowest BCUT2D eigenvalue weighted by Crippen LogP contribution is -2.05. The summed E-state index contributed by atoms with van der Waals surface area (Å²) in [5.74, 6) is -0.953. The predicted octanol–water partition coefficient (Wildman–Crippen LogP) is 0.920. The van der Waals surface area contributed by atoms with Crippen LogP contribution in [0.1, 0.15) is 22.3 Å². The fourth-order valence-corrected chi connectivity index (χ4v) is 1.97. The Labute approximate surface area is 80.2 Å². The number of rotatable bonds is 4. The van der Waals surface area contributed by atoms with Crippen molar-refractivity contribution in [2.75, 3.05) is 12.3 Å². The van der Waals surface area contributed by atoms with Gasteiger partial charge in [-0.15, -0.1) is 11.3 Å². The number of nitrogens with two attached hydrogens (primary N) is 2. The first-order chi connectivity index (χ1) is 6.16. The zero-order chi connectivity index (χ0) is 9.84. The fourth-order valence-electron chi connectivity index (χ4n) is 1.13. The predicted molar refractivity (Wildman–Crippen MR) is 53.1 cm³/mol. The van der Waals surface area contributed by atoms with Gasteiger partial charge in [0.25, 0.3) is 0 Å². The van der Waals surface area contributed by atoms with Gasteiger partial charge in [0.05, 0.1) is 5.56 Å². The number of hydrogen-bond donors (Lipinski definition) is 3. The Hall–Kier alpha value is -1.07. The van der Waals surface area contributed by atoms with E-state index in [-0.39, 0.29) is 5.56 Å². The molecule has 1 rings (SSSR count). The molecule has 1 aromatic rings. The molecule has 0 amide bonds. The highest BCUT2D eigenvalue weighted by Gasteiger charge is 2.15. The van der Waals surface area contributed by atoms with Gasteiger partial charge in [0, 0.05) is 0 Å². The first-order valence-corrected chi connectivity index (χ1v) is 4.84. The highest BCUT2D eigenvalue weighted by Crippen LogP contribution is 2.25. The van der Waals surface area contributed by atoms with E-state index in [1.54, 1.807) is 5.38 Å². The van der Waals surface area contributed by atoms with Gasteiger partial charge in [0.1, 0.15) is 5.00 Å². The number of aromatic carboxylic acids is 1. The Balaban J connectivity index is 2.87. The molecule has 0 aliphatic rings. The molecule has 13 heavy (non-hydrogen) atoms. The number of aryl methyl sites for hydroxylation is 1. The molecule has 0 fully saturated rings. The molecule has 0 saturated heterocycles. The third-order valence-corrected chi connectivity index (χ3v) is 2.62. The van der Waals surface area contributed by atoms with Gasteiger partial charge in [0.2, 0.25) is 0 Å². The summed E-state index contributed by atoms with van der Waals surface area (Å²) >= 11 is 1.27. The monoisotopic (exact) mass is 200 g/mol. The summed E-state index contributed by atoms with van der Waals surface area (Å²) in [6.07, 6.45) is 1.47. The molecule has 1 heterocycles. The van der Waals surface area contributed by atoms with Crippen LogP contribution in [0.15, 0.2) is 5.38 Å². The summed E-state index contributed by atoms with van der Waals surface area (Å²) in [5.41, 5.74) is 11.9. The molecule has 5 N–H and O–H groups in total. The quantitative estimate of drug-likeness (QED) is 0.674. The lowest BCUT2D eigenvalue weighted by atomic mass is 10.1. The van der Waals surface area contributed by atoms with Crippen molar-refractivity contribution in [1.82, 2.24) is 0 Å². The van der Waals surface area contributed by atoms with Crippen LogP contribution < -0.4 is 11.5 Å². The summed E-state index contributed by atoms with van der Waals surface area (Å²) in [5, 5.41) is 11.0. The van der Waals surface area contributed by atoms with Crippen LogP contribution in [0.3, 0.4) is 0 Å². The number of anilines is 1. The third-order valence-electron chi connectivity index (χ3n) is 1.76. The lowest BCUT2D eigenvalue weighted by Gasteiger charge is -1.98. The molecule has 0 unspecified atom stereocenters. The van der Waals surface area contributed by atoms with Gasteiger partial charge in [-0.05, 0) is 30.3 Å². The minimum absolute atomic E-state index is 0.249. The summed E-state index contributed by atoms with van der Waals surface area (Å²) in [6.45, 7) is 0.564. The van der Waals surface area contributed by atoms with Crippen LogP contribution in [0.25, 0.3) is 0 Å². The summed E-state index contributed by atoms with van der Waals surface area (Å²) < 4.78 is 0. The molecule has 0 atom stereocenters. The van der Waals surface area contributed by atoms with Crippen LogP contribution >= 0.6 is 11.3 Å².